The van der Waals surface area contributed by atoms with Crippen LogP contribution in [0.2, 0.25) is 5.02 Å². The average Bonchev–Trinajstić information content (AvgIpc) is 3.36. The first-order chi connectivity index (χ1) is 13.2. The molecule has 0 N–H and O–H groups in total. The van der Waals surface area contributed by atoms with Gasteiger partial charge in [0.1, 0.15) is 12.4 Å². The molecule has 4 nitrogen and oxygen atoms in total. The van der Waals surface area contributed by atoms with Gasteiger partial charge in [0.05, 0.1) is 11.4 Å². The molecule has 27 heavy (non-hydrogen) atoms. The third kappa shape index (κ3) is 3.79. The molecule has 2 aromatic heterocycles. The fourth-order valence-electron chi connectivity index (χ4n) is 2.73. The van der Waals surface area contributed by atoms with E-state index >= 15 is 0 Å². The van der Waals surface area contributed by atoms with Crippen molar-refractivity contribution in [3.63, 3.8) is 0 Å². The number of carbonyl (C=O) groups is 1. The second-order valence-corrected chi connectivity index (χ2v) is 7.12. The fourth-order valence-corrected chi connectivity index (χ4v) is 3.73. The highest BCUT2D eigenvalue weighted by atomic mass is 35.5. The second-order valence-electron chi connectivity index (χ2n) is 5.85. The van der Waals surface area contributed by atoms with Crippen LogP contribution in [0.4, 0.5) is 0 Å². The Labute approximate surface area is 165 Å². The van der Waals surface area contributed by atoms with E-state index in [1.54, 1.807) is 16.7 Å². The molecule has 0 aliphatic carbocycles. The van der Waals surface area contributed by atoms with Crippen LogP contribution in [-0.4, -0.2) is 15.8 Å². The van der Waals surface area contributed by atoms with Crippen LogP contribution in [0.1, 0.15) is 16.1 Å². The van der Waals surface area contributed by atoms with Crippen molar-refractivity contribution in [3.8, 4) is 22.1 Å². The molecule has 134 valence electrons. The summed E-state index contributed by atoms with van der Waals surface area (Å²) in [6.45, 7) is 0.458. The van der Waals surface area contributed by atoms with Crippen LogP contribution in [0.15, 0.2) is 72.2 Å². The molecule has 4 rings (SSSR count). The molecular formula is C21H15ClN2O2S. The number of rotatable bonds is 6. The van der Waals surface area contributed by atoms with E-state index in [1.165, 1.54) is 11.3 Å². The molecule has 0 saturated carbocycles. The van der Waals surface area contributed by atoms with Crippen LogP contribution in [-0.2, 0) is 6.61 Å². The Morgan fingerprint density at radius 3 is 2.78 bits per heavy atom. The van der Waals surface area contributed by atoms with Crippen molar-refractivity contribution in [2.45, 2.75) is 6.61 Å². The summed E-state index contributed by atoms with van der Waals surface area (Å²) in [4.78, 5) is 15.8. The molecule has 0 aliphatic heterocycles. The predicted molar refractivity (Wildman–Crippen MR) is 108 cm³/mol. The van der Waals surface area contributed by atoms with Gasteiger partial charge in [-0.1, -0.05) is 41.9 Å². The Morgan fingerprint density at radius 1 is 1.11 bits per heavy atom. The maximum Gasteiger partial charge on any atom is 0.194 e. The molecule has 0 radical (unpaired) electrons. The molecule has 0 amide bonds. The summed E-state index contributed by atoms with van der Waals surface area (Å²) in [5.41, 5.74) is 3.22. The molecule has 2 aromatic carbocycles. The lowest BCUT2D eigenvalue weighted by molar-refractivity contribution is 0.111. The summed E-state index contributed by atoms with van der Waals surface area (Å²) in [6.07, 6.45) is 2.63. The molecular weight excluding hydrogens is 380 g/mol. The van der Waals surface area contributed by atoms with Gasteiger partial charge in [0, 0.05) is 22.2 Å². The third-order valence-electron chi connectivity index (χ3n) is 4.05. The number of hydrogen-bond acceptors (Lipinski definition) is 4. The summed E-state index contributed by atoms with van der Waals surface area (Å²) < 4.78 is 7.78. The first kappa shape index (κ1) is 17.5. The molecule has 6 heteroatoms. The van der Waals surface area contributed by atoms with Gasteiger partial charge in [-0.3, -0.25) is 9.36 Å². The Balaban J connectivity index is 1.65. The van der Waals surface area contributed by atoms with Crippen molar-refractivity contribution in [1.82, 2.24) is 9.55 Å². The monoisotopic (exact) mass is 394 g/mol. The van der Waals surface area contributed by atoms with E-state index in [0.29, 0.717) is 28.2 Å². The van der Waals surface area contributed by atoms with Crippen molar-refractivity contribution in [2.24, 2.45) is 0 Å². The van der Waals surface area contributed by atoms with Crippen molar-refractivity contribution >= 4 is 29.2 Å². The molecule has 0 fully saturated rings. The van der Waals surface area contributed by atoms with E-state index in [0.717, 1.165) is 23.1 Å². The number of carbonyl (C=O) groups excluding carboxylic acids is 1. The molecule has 0 saturated heterocycles. The highest BCUT2D eigenvalue weighted by Gasteiger charge is 2.13. The molecule has 0 bridgehead atoms. The zero-order valence-electron chi connectivity index (χ0n) is 14.2. The number of ether oxygens (including phenoxy) is 1. The third-order valence-corrected chi connectivity index (χ3v) is 5.13. The number of halogens is 1. The maximum absolute atomic E-state index is 11.2. The normalized spacial score (nSPS) is 10.7. The van der Waals surface area contributed by atoms with Crippen LogP contribution >= 0.6 is 22.9 Å². The van der Waals surface area contributed by atoms with Gasteiger partial charge in [0.15, 0.2) is 11.4 Å². The van der Waals surface area contributed by atoms with E-state index in [4.69, 9.17) is 16.3 Å². The van der Waals surface area contributed by atoms with E-state index in [1.807, 2.05) is 60.1 Å². The Kier molecular flexibility index (Phi) is 5.05. The van der Waals surface area contributed by atoms with Gasteiger partial charge in [-0.15, -0.1) is 11.3 Å². The van der Waals surface area contributed by atoms with Crippen LogP contribution in [0, 0.1) is 0 Å². The minimum atomic E-state index is 0.458. The van der Waals surface area contributed by atoms with Gasteiger partial charge in [-0.2, -0.15) is 0 Å². The number of hydrogen-bond donors (Lipinski definition) is 0. The maximum atomic E-state index is 11.2. The van der Waals surface area contributed by atoms with Crippen LogP contribution in [0.3, 0.4) is 0 Å². The van der Waals surface area contributed by atoms with Gasteiger partial charge in [-0.05, 0) is 35.9 Å². The number of benzene rings is 2. The molecule has 0 unspecified atom stereocenters. The van der Waals surface area contributed by atoms with E-state index in [2.05, 4.69) is 4.98 Å². The smallest absolute Gasteiger partial charge is 0.194 e. The number of thiazole rings is 1. The molecule has 0 atom stereocenters. The van der Waals surface area contributed by atoms with Crippen molar-refractivity contribution in [2.75, 3.05) is 0 Å². The van der Waals surface area contributed by atoms with E-state index < -0.39 is 0 Å². The van der Waals surface area contributed by atoms with Gasteiger partial charge < -0.3 is 4.74 Å². The lowest BCUT2D eigenvalue weighted by Crippen LogP contribution is -1.98. The van der Waals surface area contributed by atoms with Gasteiger partial charge >= 0.3 is 0 Å². The van der Waals surface area contributed by atoms with Crippen LogP contribution in [0.5, 0.6) is 5.75 Å². The number of aromatic nitrogens is 2. The topological polar surface area (TPSA) is 44.1 Å². The van der Waals surface area contributed by atoms with Crippen molar-refractivity contribution in [1.29, 1.82) is 0 Å². The molecule has 2 heterocycles. The first-order valence-electron chi connectivity index (χ1n) is 8.29. The first-order valence-corrected chi connectivity index (χ1v) is 9.55. The fraction of sp³-hybridized carbons (Fsp3) is 0.0476. The lowest BCUT2D eigenvalue weighted by atomic mass is 10.1. The predicted octanol–water partition coefficient (Wildman–Crippen LogP) is 5.65. The average molecular weight is 395 g/mol. The van der Waals surface area contributed by atoms with Crippen LogP contribution in [0.25, 0.3) is 16.4 Å². The van der Waals surface area contributed by atoms with Crippen LogP contribution < -0.4 is 4.74 Å². The summed E-state index contributed by atoms with van der Waals surface area (Å²) in [7, 11) is 0. The Bertz CT molecular complexity index is 1070. The Hall–Kier alpha value is -2.89. The summed E-state index contributed by atoms with van der Waals surface area (Å²) >= 11 is 7.66. The standard InChI is InChI=1S/C21H15ClN2O2S/c22-16-8-9-20(26-13-15-5-2-1-3-6-15)18(11-16)19-14-27-21(23-19)24-10-4-7-17(24)12-25/h1-12,14H,13H2. The Morgan fingerprint density at radius 2 is 1.96 bits per heavy atom. The van der Waals surface area contributed by atoms with Gasteiger partial charge in [0.25, 0.3) is 0 Å². The summed E-state index contributed by atoms with van der Waals surface area (Å²) in [5.74, 6) is 0.711. The minimum absolute atomic E-state index is 0.458. The SMILES string of the molecule is O=Cc1cccn1-c1nc(-c2cc(Cl)ccc2OCc2ccccc2)cs1. The number of aldehydes is 1. The quantitative estimate of drug-likeness (QED) is 0.397. The van der Waals surface area contributed by atoms with E-state index in [9.17, 15) is 4.79 Å². The number of nitrogens with zero attached hydrogens (tertiary/aromatic N) is 2. The highest BCUT2D eigenvalue weighted by Crippen LogP contribution is 2.34. The zero-order valence-corrected chi connectivity index (χ0v) is 15.8. The zero-order chi connectivity index (χ0) is 18.6. The highest BCUT2D eigenvalue weighted by molar-refractivity contribution is 7.12. The second kappa shape index (κ2) is 7.78. The summed E-state index contributed by atoms with van der Waals surface area (Å²) in [6, 6.07) is 19.0. The molecule has 0 aliphatic rings. The minimum Gasteiger partial charge on any atom is -0.488 e. The van der Waals surface area contributed by atoms with Crippen molar-refractivity contribution in [3.05, 3.63) is 88.5 Å². The molecule has 4 aromatic rings. The van der Waals surface area contributed by atoms with Gasteiger partial charge in [-0.25, -0.2) is 4.98 Å². The van der Waals surface area contributed by atoms with Gasteiger partial charge in [0.2, 0.25) is 0 Å². The molecule has 0 spiro atoms. The van der Waals surface area contributed by atoms with Crippen molar-refractivity contribution < 1.29 is 9.53 Å². The summed E-state index contributed by atoms with van der Waals surface area (Å²) in [5, 5.41) is 3.26. The van der Waals surface area contributed by atoms with E-state index in [-0.39, 0.29) is 0 Å². The largest absolute Gasteiger partial charge is 0.488 e. The lowest BCUT2D eigenvalue weighted by Gasteiger charge is -2.11.